The standard InChI is InChI=1S/C50H55ClN2O15.C47H50ClNO14/c1-26-33(65-46(61)40(66-36(57)21-22-52)38(29-13-9-7-10-14-29)53-44(59)30-17-19-32(51)20-18-30)24-50(62)43(67-45(60)31-15-11-8-12-16-31)41-48(6,34(56)23-35-49(41,25-63-35)68-28(3)55)42(58)39(64-27(2)54)37(26)47(50,4)5;1-24-31(61-43(57)36(53)35(27-13-9-7-10-14-27)49-41(55)28-17-19-30(48)20-18-28)22-47(58)40(62-42(56)29-15-11-8-12-16-29)38-45(6,32(52)21-33-46(38,23-59-33)63-26(3)51)39(54)37(60-25(2)50)34(24)44(47,4)5/h7-20,33-35,38-41,43,56,62H,21-25,52H2,1-6H3,(H,53,59);7-20,31-33,35-38,40,52-53,58H,21-23H2,1-6H3,(H,49,55)/t33-,34-,35+,38-,39+,40+,41-,43-,48+,49-,50+;31-,32-,33+,35-,36+,37+,38-,40-,45+,46-,47+/m00/s1. The van der Waals surface area contributed by atoms with Gasteiger partial charge in [-0.3, -0.25) is 43.2 Å². The third-order valence-corrected chi connectivity index (χ3v) is 28.2. The van der Waals surface area contributed by atoms with Crippen molar-refractivity contribution in [3.8, 4) is 0 Å². The van der Waals surface area contributed by atoms with Crippen molar-refractivity contribution in [2.45, 2.75) is 223 Å². The van der Waals surface area contributed by atoms with Crippen LogP contribution in [0.1, 0.15) is 180 Å². The average Bonchev–Trinajstić information content (AvgIpc) is 0.671. The summed E-state index contributed by atoms with van der Waals surface area (Å²) in [6.07, 6.45) is -21.7. The molecule has 4 saturated carbocycles. The monoisotopic (exact) mass is 1850 g/mol. The predicted molar refractivity (Wildman–Crippen MR) is 463 cm³/mol. The average molecular weight is 1850 g/mol. The van der Waals surface area contributed by atoms with E-state index >= 15 is 14.4 Å². The number of hydrogen-bond acceptors (Lipinski definition) is 30. The number of ketones is 2. The Kier molecular flexibility index (Phi) is 27.9. The van der Waals surface area contributed by atoms with Crippen LogP contribution in [0.3, 0.4) is 0 Å². The maximum absolute atomic E-state index is 15.7. The molecule has 6 aromatic rings. The highest BCUT2D eigenvalue weighted by Crippen LogP contribution is 2.67. The first kappa shape index (κ1) is 97.1. The number of Topliss-reactive ketones (excluding diaryl/α,β-unsaturated/α-hetero) is 2. The van der Waals surface area contributed by atoms with E-state index in [4.69, 9.17) is 81.0 Å². The van der Waals surface area contributed by atoms with Crippen molar-refractivity contribution in [3.05, 3.63) is 236 Å². The lowest BCUT2D eigenvalue weighted by molar-refractivity contribution is -0.346. The van der Waals surface area contributed by atoms with Crippen molar-refractivity contribution in [2.75, 3.05) is 19.8 Å². The number of benzene rings is 6. The molecule has 0 radical (unpaired) electrons. The van der Waals surface area contributed by atoms with Gasteiger partial charge in [0.15, 0.2) is 41.1 Å². The van der Waals surface area contributed by atoms with Gasteiger partial charge in [-0.25, -0.2) is 19.2 Å². The number of amides is 2. The highest BCUT2D eigenvalue weighted by Gasteiger charge is 2.81. The van der Waals surface area contributed by atoms with E-state index in [1.165, 1.54) is 100 Å². The quantitative estimate of drug-likeness (QED) is 0.0169. The second-order valence-corrected chi connectivity index (χ2v) is 36.9. The maximum atomic E-state index is 15.7. The largest absolute Gasteiger partial charge is 0.456 e. The molecule has 32 nitrogen and oxygen atoms in total. The van der Waals surface area contributed by atoms with Gasteiger partial charge in [-0.15, -0.1) is 0 Å². The summed E-state index contributed by atoms with van der Waals surface area (Å²) in [6.45, 7) is 15.6. The van der Waals surface area contributed by atoms with Gasteiger partial charge in [0.1, 0.15) is 53.9 Å². The minimum Gasteiger partial charge on any atom is -0.456 e. The minimum absolute atomic E-state index is 0.0134. The van der Waals surface area contributed by atoms with Gasteiger partial charge in [-0.05, 0) is 134 Å². The number of aliphatic hydroxyl groups is 5. The molecule has 2 saturated heterocycles. The fourth-order valence-corrected chi connectivity index (χ4v) is 21.1. The number of rotatable bonds is 23. The molecule has 6 fully saturated rings. The second-order valence-electron chi connectivity index (χ2n) is 36.0. The van der Waals surface area contributed by atoms with Gasteiger partial charge in [0.2, 0.25) is 6.10 Å². The lowest BCUT2D eigenvalue weighted by Gasteiger charge is -2.67. The minimum atomic E-state index is -2.46. The number of aliphatic hydroxyl groups excluding tert-OH is 3. The molecule has 0 unspecified atom stereocenters. The number of carbonyl (C=O) groups is 13. The summed E-state index contributed by atoms with van der Waals surface area (Å²) in [7, 11) is 0. The molecular formula is C97H105Cl2N3O29. The summed E-state index contributed by atoms with van der Waals surface area (Å²) in [5, 5.41) is 69.8. The Morgan fingerprint density at radius 3 is 1.17 bits per heavy atom. The van der Waals surface area contributed by atoms with E-state index in [0.29, 0.717) is 21.2 Å². The van der Waals surface area contributed by atoms with Crippen LogP contribution in [0.25, 0.3) is 0 Å². The lowest BCUT2D eigenvalue weighted by atomic mass is 9.44. The smallest absolute Gasteiger partial charge is 0.350 e. The molecule has 2 aliphatic heterocycles. The van der Waals surface area contributed by atoms with Crippen molar-refractivity contribution < 1.29 is 140 Å². The zero-order valence-corrected chi connectivity index (χ0v) is 75.4. The number of nitrogens with one attached hydrogen (secondary N) is 2. The maximum Gasteiger partial charge on any atom is 0.350 e. The molecule has 6 aliphatic carbocycles. The van der Waals surface area contributed by atoms with E-state index in [-0.39, 0.29) is 83.6 Å². The molecule has 0 spiro atoms. The fourth-order valence-electron chi connectivity index (χ4n) is 20.8. The second kappa shape index (κ2) is 37.7. The number of hydrogen-bond donors (Lipinski definition) is 8. The number of esters is 9. The van der Waals surface area contributed by atoms with Crippen LogP contribution in [0.2, 0.25) is 10.0 Å². The first-order chi connectivity index (χ1) is 61.8. The van der Waals surface area contributed by atoms with Crippen LogP contribution < -0.4 is 16.4 Å². The number of ether oxygens (including phenoxy) is 11. The topological polar surface area (TPSA) is 475 Å². The van der Waals surface area contributed by atoms with E-state index in [1.807, 2.05) is 0 Å². The van der Waals surface area contributed by atoms with E-state index in [9.17, 15) is 73.5 Å². The van der Waals surface area contributed by atoms with Crippen molar-refractivity contribution >= 4 is 100 Å². The molecule has 2 heterocycles. The summed E-state index contributed by atoms with van der Waals surface area (Å²) < 4.78 is 66.7. The molecule has 0 aromatic heterocycles. The van der Waals surface area contributed by atoms with Crippen molar-refractivity contribution in [1.29, 1.82) is 0 Å². The molecular weight excluding hydrogens is 1740 g/mol. The number of halogens is 2. The van der Waals surface area contributed by atoms with Gasteiger partial charge in [-0.1, -0.05) is 148 Å². The van der Waals surface area contributed by atoms with Crippen molar-refractivity contribution in [3.63, 3.8) is 0 Å². The molecule has 131 heavy (non-hydrogen) atoms. The summed E-state index contributed by atoms with van der Waals surface area (Å²) in [5.41, 5.74) is -8.98. The molecule has 22 atom stereocenters. The van der Waals surface area contributed by atoms with Crippen LogP contribution in [0, 0.1) is 33.5 Å². The van der Waals surface area contributed by atoms with Crippen LogP contribution in [-0.2, 0) is 95.3 Å². The van der Waals surface area contributed by atoms with Crippen LogP contribution in [0.4, 0.5) is 0 Å². The number of carbonyl (C=O) groups excluding carboxylic acids is 13. The van der Waals surface area contributed by atoms with Gasteiger partial charge in [0.25, 0.3) is 11.8 Å². The normalized spacial score (nSPS) is 30.7. The van der Waals surface area contributed by atoms with Gasteiger partial charge in [0, 0.05) is 91.9 Å². The van der Waals surface area contributed by atoms with E-state index in [2.05, 4.69) is 10.6 Å². The van der Waals surface area contributed by atoms with E-state index in [0.717, 1.165) is 27.7 Å². The Morgan fingerprint density at radius 2 is 0.824 bits per heavy atom. The van der Waals surface area contributed by atoms with E-state index in [1.54, 1.807) is 125 Å². The van der Waals surface area contributed by atoms with Crippen molar-refractivity contribution in [1.82, 2.24) is 10.6 Å². The van der Waals surface area contributed by atoms with Crippen LogP contribution in [0.15, 0.2) is 192 Å². The Hall–Kier alpha value is -11.4. The van der Waals surface area contributed by atoms with Crippen molar-refractivity contribution in [2.24, 2.45) is 39.2 Å². The Morgan fingerprint density at radius 1 is 0.473 bits per heavy atom. The zero-order chi connectivity index (χ0) is 95.3. The molecule has 9 N–H and O–H groups in total. The predicted octanol–water partition coefficient (Wildman–Crippen LogP) is 8.68. The highest BCUT2D eigenvalue weighted by atomic mass is 35.5. The van der Waals surface area contributed by atoms with Gasteiger partial charge >= 0.3 is 53.7 Å². The number of nitrogens with two attached hydrogens (primary N) is 1. The lowest BCUT2D eigenvalue weighted by Crippen LogP contribution is -2.82. The molecule has 8 aliphatic rings. The Labute approximate surface area is 764 Å². The van der Waals surface area contributed by atoms with E-state index < -0.39 is 231 Å². The fraction of sp³-hybridized carbons (Fsp3) is 0.454. The van der Waals surface area contributed by atoms with Gasteiger partial charge < -0.3 is 94.0 Å². The van der Waals surface area contributed by atoms with Crippen LogP contribution in [0.5, 0.6) is 0 Å². The SMILES string of the molecule is CC(=O)O[C@H]1C(=O)[C@@]2(C)[C@H]([C@H](OC(=O)c3ccccc3)[C@]3(O)C[C@H](OC(=O)[C@H](O)[C@@H](NC(=O)c4ccc(Cl)cc4)c4ccccc4)C(C)=C1C3(C)C)[C@]1(OC(C)=O)CO[C@@H]1C[C@@H]2O.CC(=O)O[C@H]1C(=O)[C@@]2(C)[C@H]([C@H](OC(=O)c3ccccc3)[C@]3(O)C[C@H](OC(=O)[C@H](OC(=O)CCN)[C@@H](NC(=O)c4ccc(Cl)cc4)c4ccccc4)C(C)=C1C3(C)C)[C@]1(OC(C)=O)CO[C@@H]1C[C@@H]2O. The van der Waals surface area contributed by atoms with Gasteiger partial charge in [0.05, 0.1) is 71.7 Å². The first-order valence-electron chi connectivity index (χ1n) is 42.8. The molecule has 34 heteroatoms. The first-order valence-corrected chi connectivity index (χ1v) is 43.5. The summed E-state index contributed by atoms with van der Waals surface area (Å²) >= 11 is 12.1. The Balaban J connectivity index is 0.000000224. The zero-order valence-electron chi connectivity index (χ0n) is 73.9. The van der Waals surface area contributed by atoms with Crippen LogP contribution in [-0.4, -0.2) is 218 Å². The molecule has 6 aromatic carbocycles. The summed E-state index contributed by atoms with van der Waals surface area (Å²) in [4.78, 5) is 182. The van der Waals surface area contributed by atoms with Gasteiger partial charge in [-0.2, -0.15) is 0 Å². The highest BCUT2D eigenvalue weighted by molar-refractivity contribution is 6.31. The Bertz CT molecular complexity index is 5510. The molecule has 14 rings (SSSR count). The third-order valence-electron chi connectivity index (χ3n) is 27.7. The molecule has 696 valence electrons. The summed E-state index contributed by atoms with van der Waals surface area (Å²) in [6, 6.07) is 41.0. The summed E-state index contributed by atoms with van der Waals surface area (Å²) in [5.74, 6) is -15.0. The van der Waals surface area contributed by atoms with Crippen LogP contribution >= 0.6 is 23.2 Å². The molecule has 4 bridgehead atoms. The molecule has 2 amide bonds. The third kappa shape index (κ3) is 17.7. The number of fused-ring (bicyclic) bond motifs is 10.